The molecule has 0 aromatic rings. The number of nitrogens with zero attached hydrogens (tertiary/aromatic N) is 1. The molecule has 1 atom stereocenters. The third-order valence-electron chi connectivity index (χ3n) is 3.24. The first kappa shape index (κ1) is 12.8. The Hall–Kier alpha value is -1.63. The fraction of sp³-hybridized carbons (Fsp3) is 0.727. The van der Waals surface area contributed by atoms with E-state index in [9.17, 15) is 14.4 Å². The van der Waals surface area contributed by atoms with Crippen LogP contribution in [0.15, 0.2) is 0 Å². The summed E-state index contributed by atoms with van der Waals surface area (Å²) in [7, 11) is 0. The number of carbonyl (C=O) groups is 3. The summed E-state index contributed by atoms with van der Waals surface area (Å²) in [6.45, 7) is 0.548. The summed E-state index contributed by atoms with van der Waals surface area (Å²) in [6, 6.07) is 0.283. The van der Waals surface area contributed by atoms with E-state index < -0.39 is 11.8 Å². The summed E-state index contributed by atoms with van der Waals surface area (Å²) >= 11 is 0. The molecule has 0 aromatic heterocycles. The lowest BCUT2D eigenvalue weighted by molar-refractivity contribution is -0.138. The summed E-state index contributed by atoms with van der Waals surface area (Å²) in [6.07, 6.45) is 2.54. The molecule has 18 heavy (non-hydrogen) atoms. The average Bonchev–Trinajstić information content (AvgIpc) is 3.09. The molecule has 2 rings (SSSR count). The Labute approximate surface area is 104 Å². The highest BCUT2D eigenvalue weighted by atomic mass is 16.5. The van der Waals surface area contributed by atoms with Crippen LogP contribution in [-0.2, 0) is 14.4 Å². The van der Waals surface area contributed by atoms with Gasteiger partial charge in [-0.2, -0.15) is 0 Å². The molecule has 1 heterocycles. The Bertz CT molecular complexity index is 367. The van der Waals surface area contributed by atoms with E-state index in [0.29, 0.717) is 13.0 Å². The van der Waals surface area contributed by atoms with Gasteiger partial charge in [-0.15, -0.1) is 0 Å². The molecule has 2 aliphatic rings. The zero-order chi connectivity index (χ0) is 13.1. The molecular weight excluding hydrogens is 238 g/mol. The summed E-state index contributed by atoms with van der Waals surface area (Å²) in [5.74, 6) is -1.33. The van der Waals surface area contributed by atoms with Crippen molar-refractivity contribution in [2.75, 3.05) is 13.1 Å². The molecule has 3 amide bonds. The zero-order valence-electron chi connectivity index (χ0n) is 10.0. The lowest BCUT2D eigenvalue weighted by Crippen LogP contribution is -2.39. The first-order valence-corrected chi connectivity index (χ1v) is 6.11. The molecular formula is C11H17N3O4. The van der Waals surface area contributed by atoms with Gasteiger partial charge < -0.3 is 10.2 Å². The van der Waals surface area contributed by atoms with Crippen molar-refractivity contribution < 1.29 is 19.6 Å². The Balaban J connectivity index is 1.78. The number of nitrogens with one attached hydrogen (secondary N) is 2. The van der Waals surface area contributed by atoms with Gasteiger partial charge in [-0.25, -0.2) is 5.48 Å². The van der Waals surface area contributed by atoms with Gasteiger partial charge in [-0.05, 0) is 19.3 Å². The Morgan fingerprint density at radius 3 is 2.61 bits per heavy atom. The van der Waals surface area contributed by atoms with Gasteiger partial charge in [0.05, 0.1) is 6.54 Å². The number of carbonyl (C=O) groups excluding carboxylic acids is 3. The maximum atomic E-state index is 11.9. The zero-order valence-corrected chi connectivity index (χ0v) is 10.0. The molecule has 3 N–H and O–H groups in total. The molecule has 0 spiro atoms. The van der Waals surface area contributed by atoms with E-state index in [1.54, 1.807) is 0 Å². The number of hydrogen-bond acceptors (Lipinski definition) is 4. The fourth-order valence-electron chi connectivity index (χ4n) is 2.09. The molecule has 1 aliphatic heterocycles. The van der Waals surface area contributed by atoms with Crippen LogP contribution in [-0.4, -0.2) is 47.0 Å². The average molecular weight is 255 g/mol. The predicted octanol–water partition coefficient (Wildman–Crippen LogP) is -0.991. The van der Waals surface area contributed by atoms with Gasteiger partial charge >= 0.3 is 0 Å². The largest absolute Gasteiger partial charge is 0.352 e. The molecule has 0 radical (unpaired) electrons. The topological polar surface area (TPSA) is 98.7 Å². The monoisotopic (exact) mass is 255 g/mol. The molecule has 7 heteroatoms. The van der Waals surface area contributed by atoms with E-state index in [0.717, 1.165) is 12.8 Å². The molecule has 1 unspecified atom stereocenters. The van der Waals surface area contributed by atoms with Crippen LogP contribution < -0.4 is 10.8 Å². The Morgan fingerprint density at radius 2 is 2.00 bits per heavy atom. The number of likely N-dealkylation sites (tertiary alicyclic amines) is 1. The van der Waals surface area contributed by atoms with Gasteiger partial charge in [0.2, 0.25) is 17.7 Å². The molecule has 2 fully saturated rings. The standard InChI is InChI=1S/C11H17N3O4/c15-9(13-18)5-7-3-4-14(11(7)17)6-10(16)12-8-1-2-8/h7-8,18H,1-6H2,(H,12,16)(H,13,15). The van der Waals surface area contributed by atoms with Crippen molar-refractivity contribution in [3.63, 3.8) is 0 Å². The highest BCUT2D eigenvalue weighted by Crippen LogP contribution is 2.22. The predicted molar refractivity (Wildman–Crippen MR) is 60.4 cm³/mol. The van der Waals surface area contributed by atoms with Gasteiger partial charge in [-0.1, -0.05) is 0 Å². The highest BCUT2D eigenvalue weighted by molar-refractivity contribution is 5.90. The van der Waals surface area contributed by atoms with Crippen LogP contribution in [0.3, 0.4) is 0 Å². The van der Waals surface area contributed by atoms with E-state index in [2.05, 4.69) is 5.32 Å². The van der Waals surface area contributed by atoms with Crippen LogP contribution >= 0.6 is 0 Å². The lowest BCUT2D eigenvalue weighted by Gasteiger charge is -2.16. The van der Waals surface area contributed by atoms with Crippen molar-refractivity contribution in [2.45, 2.75) is 31.7 Å². The van der Waals surface area contributed by atoms with Crippen LogP contribution in [0.5, 0.6) is 0 Å². The van der Waals surface area contributed by atoms with Gasteiger partial charge in [0.25, 0.3) is 0 Å². The second-order valence-electron chi connectivity index (χ2n) is 4.83. The highest BCUT2D eigenvalue weighted by Gasteiger charge is 2.34. The number of rotatable bonds is 5. The summed E-state index contributed by atoms with van der Waals surface area (Å²) in [5, 5.41) is 11.2. The molecule has 0 bridgehead atoms. The quantitative estimate of drug-likeness (QED) is 0.434. The van der Waals surface area contributed by atoms with Crippen molar-refractivity contribution in [1.29, 1.82) is 0 Å². The van der Waals surface area contributed by atoms with Crippen molar-refractivity contribution in [3.05, 3.63) is 0 Å². The summed E-state index contributed by atoms with van der Waals surface area (Å²) in [5.41, 5.74) is 1.51. The van der Waals surface area contributed by atoms with Crippen LogP contribution in [0.2, 0.25) is 0 Å². The fourth-order valence-corrected chi connectivity index (χ4v) is 2.09. The van der Waals surface area contributed by atoms with E-state index in [4.69, 9.17) is 5.21 Å². The van der Waals surface area contributed by atoms with E-state index in [-0.39, 0.29) is 30.8 Å². The van der Waals surface area contributed by atoms with Gasteiger partial charge in [0.15, 0.2) is 0 Å². The SMILES string of the molecule is O=C(CC1CCN(CC(=O)NC2CC2)C1=O)NO. The third kappa shape index (κ3) is 3.19. The van der Waals surface area contributed by atoms with Crippen LogP contribution in [0.4, 0.5) is 0 Å². The second-order valence-corrected chi connectivity index (χ2v) is 4.83. The molecule has 1 saturated carbocycles. The van der Waals surface area contributed by atoms with Crippen LogP contribution in [0.1, 0.15) is 25.7 Å². The summed E-state index contributed by atoms with van der Waals surface area (Å²) < 4.78 is 0. The molecule has 1 saturated heterocycles. The molecule has 0 aromatic carbocycles. The maximum absolute atomic E-state index is 11.9. The maximum Gasteiger partial charge on any atom is 0.244 e. The normalized spacial score (nSPS) is 23.1. The first-order valence-electron chi connectivity index (χ1n) is 6.11. The van der Waals surface area contributed by atoms with Crippen molar-refractivity contribution in [3.8, 4) is 0 Å². The minimum atomic E-state index is -0.572. The molecule has 100 valence electrons. The first-order chi connectivity index (χ1) is 8.60. The molecule has 7 nitrogen and oxygen atoms in total. The van der Waals surface area contributed by atoms with Gasteiger partial charge in [-0.3, -0.25) is 19.6 Å². The second kappa shape index (κ2) is 5.34. The Morgan fingerprint density at radius 1 is 1.28 bits per heavy atom. The van der Waals surface area contributed by atoms with Gasteiger partial charge in [0, 0.05) is 24.9 Å². The van der Waals surface area contributed by atoms with E-state index >= 15 is 0 Å². The minimum Gasteiger partial charge on any atom is -0.352 e. The lowest BCUT2D eigenvalue weighted by atomic mass is 10.0. The van der Waals surface area contributed by atoms with Crippen LogP contribution in [0.25, 0.3) is 0 Å². The summed E-state index contributed by atoms with van der Waals surface area (Å²) in [4.78, 5) is 35.9. The van der Waals surface area contributed by atoms with Gasteiger partial charge in [0.1, 0.15) is 0 Å². The Kier molecular flexibility index (Phi) is 3.81. The number of amides is 3. The van der Waals surface area contributed by atoms with Crippen molar-refractivity contribution >= 4 is 17.7 Å². The van der Waals surface area contributed by atoms with E-state index in [1.165, 1.54) is 10.4 Å². The smallest absolute Gasteiger partial charge is 0.244 e. The molecule has 1 aliphatic carbocycles. The minimum absolute atomic E-state index is 0.0317. The van der Waals surface area contributed by atoms with Crippen LogP contribution in [0, 0.1) is 5.92 Å². The number of hydrogen-bond donors (Lipinski definition) is 3. The number of hydroxylamine groups is 1. The van der Waals surface area contributed by atoms with Crippen molar-refractivity contribution in [2.24, 2.45) is 5.92 Å². The van der Waals surface area contributed by atoms with Crippen molar-refractivity contribution in [1.82, 2.24) is 15.7 Å². The third-order valence-corrected chi connectivity index (χ3v) is 3.24. The van der Waals surface area contributed by atoms with E-state index in [1.807, 2.05) is 0 Å².